The van der Waals surface area contributed by atoms with E-state index < -0.39 is 0 Å². The SMILES string of the molecule is Cc1cccc(NC(=O)c2cncc(C(=O)NCc3ccc(Cl)cc3)c2)c1. The molecule has 0 fully saturated rings. The lowest BCUT2D eigenvalue weighted by molar-refractivity contribution is 0.0950. The normalized spacial score (nSPS) is 10.3. The molecule has 3 rings (SSSR count). The Morgan fingerprint density at radius 3 is 2.37 bits per heavy atom. The number of carbonyl (C=O) groups is 2. The zero-order valence-corrected chi connectivity index (χ0v) is 15.5. The molecule has 0 radical (unpaired) electrons. The number of hydrogen-bond donors (Lipinski definition) is 2. The van der Waals surface area contributed by atoms with E-state index in [-0.39, 0.29) is 11.8 Å². The number of hydrogen-bond acceptors (Lipinski definition) is 3. The van der Waals surface area contributed by atoms with Crippen LogP contribution in [0.1, 0.15) is 31.8 Å². The molecule has 2 aromatic carbocycles. The van der Waals surface area contributed by atoms with Crippen LogP contribution in [0.5, 0.6) is 0 Å². The Morgan fingerprint density at radius 2 is 1.67 bits per heavy atom. The Hall–Kier alpha value is -3.18. The molecule has 0 aliphatic rings. The highest BCUT2D eigenvalue weighted by atomic mass is 35.5. The second-order valence-electron chi connectivity index (χ2n) is 6.10. The number of aryl methyl sites for hydroxylation is 1. The number of rotatable bonds is 5. The Balaban J connectivity index is 1.66. The van der Waals surface area contributed by atoms with E-state index in [2.05, 4.69) is 15.6 Å². The lowest BCUT2D eigenvalue weighted by Gasteiger charge is -2.08. The topological polar surface area (TPSA) is 71.1 Å². The second kappa shape index (κ2) is 8.47. The smallest absolute Gasteiger partial charge is 0.257 e. The molecule has 2 amide bonds. The summed E-state index contributed by atoms with van der Waals surface area (Å²) in [6, 6.07) is 16.2. The highest BCUT2D eigenvalue weighted by molar-refractivity contribution is 6.30. The van der Waals surface area contributed by atoms with Gasteiger partial charge in [0.15, 0.2) is 0 Å². The van der Waals surface area contributed by atoms with Gasteiger partial charge in [-0.3, -0.25) is 14.6 Å². The molecule has 0 aliphatic carbocycles. The summed E-state index contributed by atoms with van der Waals surface area (Å²) in [4.78, 5) is 28.8. The summed E-state index contributed by atoms with van der Waals surface area (Å²) in [6.07, 6.45) is 2.86. The summed E-state index contributed by atoms with van der Waals surface area (Å²) in [7, 11) is 0. The number of nitrogens with zero attached hydrogens (tertiary/aromatic N) is 1. The standard InChI is InChI=1S/C21H18ClN3O2/c1-14-3-2-4-19(9-14)25-21(27)17-10-16(12-23-13-17)20(26)24-11-15-5-7-18(22)8-6-15/h2-10,12-13H,11H2,1H3,(H,24,26)(H,25,27). The van der Waals surface area contributed by atoms with Gasteiger partial charge in [-0.25, -0.2) is 0 Å². The van der Waals surface area contributed by atoms with E-state index in [1.54, 1.807) is 18.2 Å². The van der Waals surface area contributed by atoms with Gasteiger partial charge in [0.25, 0.3) is 11.8 Å². The third kappa shape index (κ3) is 5.15. The molecule has 0 bridgehead atoms. The molecule has 6 heteroatoms. The van der Waals surface area contributed by atoms with Crippen LogP contribution in [0.25, 0.3) is 0 Å². The van der Waals surface area contributed by atoms with Gasteiger partial charge < -0.3 is 10.6 Å². The van der Waals surface area contributed by atoms with E-state index in [9.17, 15) is 9.59 Å². The molecule has 0 spiro atoms. The summed E-state index contributed by atoms with van der Waals surface area (Å²) in [5, 5.41) is 6.25. The summed E-state index contributed by atoms with van der Waals surface area (Å²) in [6.45, 7) is 2.30. The zero-order chi connectivity index (χ0) is 19.2. The van der Waals surface area contributed by atoms with Crippen molar-refractivity contribution in [2.75, 3.05) is 5.32 Å². The van der Waals surface area contributed by atoms with Crippen LogP contribution in [0.2, 0.25) is 5.02 Å². The Bertz CT molecular complexity index is 971. The molecule has 136 valence electrons. The van der Waals surface area contributed by atoms with Crippen molar-refractivity contribution in [3.05, 3.63) is 94.3 Å². The van der Waals surface area contributed by atoms with Crippen molar-refractivity contribution in [1.29, 1.82) is 0 Å². The fraction of sp³-hybridized carbons (Fsp3) is 0.0952. The van der Waals surface area contributed by atoms with Gasteiger partial charge in [-0.2, -0.15) is 0 Å². The van der Waals surface area contributed by atoms with Crippen LogP contribution in [0.3, 0.4) is 0 Å². The summed E-state index contributed by atoms with van der Waals surface area (Å²) < 4.78 is 0. The number of aromatic nitrogens is 1. The maximum atomic E-state index is 12.4. The first-order chi connectivity index (χ1) is 13.0. The van der Waals surface area contributed by atoms with Crippen LogP contribution in [-0.4, -0.2) is 16.8 Å². The first kappa shape index (κ1) is 18.6. The van der Waals surface area contributed by atoms with Crippen LogP contribution < -0.4 is 10.6 Å². The molecule has 1 aromatic heterocycles. The van der Waals surface area contributed by atoms with E-state index in [4.69, 9.17) is 11.6 Å². The molecule has 5 nitrogen and oxygen atoms in total. The van der Waals surface area contributed by atoms with Gasteiger partial charge in [-0.15, -0.1) is 0 Å². The van der Waals surface area contributed by atoms with Crippen molar-refractivity contribution >= 4 is 29.1 Å². The van der Waals surface area contributed by atoms with E-state index in [1.807, 2.05) is 37.3 Å². The van der Waals surface area contributed by atoms with Crippen LogP contribution in [-0.2, 0) is 6.54 Å². The zero-order valence-electron chi connectivity index (χ0n) is 14.7. The van der Waals surface area contributed by atoms with Crippen LogP contribution >= 0.6 is 11.6 Å². The summed E-state index contributed by atoms with van der Waals surface area (Å²) in [5.41, 5.74) is 3.30. The molecular weight excluding hydrogens is 362 g/mol. The molecule has 0 saturated heterocycles. The monoisotopic (exact) mass is 379 g/mol. The molecule has 2 N–H and O–H groups in total. The average molecular weight is 380 g/mol. The highest BCUT2D eigenvalue weighted by Gasteiger charge is 2.12. The van der Waals surface area contributed by atoms with Gasteiger partial charge in [0.05, 0.1) is 11.1 Å². The summed E-state index contributed by atoms with van der Waals surface area (Å²) in [5.74, 6) is -0.622. The number of anilines is 1. The molecule has 3 aromatic rings. The number of amides is 2. The maximum Gasteiger partial charge on any atom is 0.257 e. The fourth-order valence-corrected chi connectivity index (χ4v) is 2.63. The van der Waals surface area contributed by atoms with E-state index in [1.165, 1.54) is 18.5 Å². The molecule has 0 unspecified atom stereocenters. The van der Waals surface area contributed by atoms with Crippen molar-refractivity contribution < 1.29 is 9.59 Å². The first-order valence-electron chi connectivity index (χ1n) is 8.37. The van der Waals surface area contributed by atoms with Crippen molar-refractivity contribution in [1.82, 2.24) is 10.3 Å². The predicted octanol–water partition coefficient (Wildman–Crippen LogP) is 4.23. The molecular formula is C21H18ClN3O2. The van der Waals surface area contributed by atoms with Gasteiger partial charge in [0, 0.05) is 29.6 Å². The first-order valence-corrected chi connectivity index (χ1v) is 8.75. The quantitative estimate of drug-likeness (QED) is 0.697. The van der Waals surface area contributed by atoms with Crippen molar-refractivity contribution in [2.24, 2.45) is 0 Å². The summed E-state index contributed by atoms with van der Waals surface area (Å²) >= 11 is 5.85. The van der Waals surface area contributed by atoms with Gasteiger partial charge in [0.1, 0.15) is 0 Å². The Labute approximate surface area is 162 Å². The molecule has 0 saturated carbocycles. The lowest BCUT2D eigenvalue weighted by atomic mass is 10.1. The third-order valence-corrected chi connectivity index (χ3v) is 4.16. The number of carbonyl (C=O) groups excluding carboxylic acids is 2. The minimum absolute atomic E-state index is 0.303. The van der Waals surface area contributed by atoms with Crippen LogP contribution in [0.4, 0.5) is 5.69 Å². The predicted molar refractivity (Wildman–Crippen MR) is 106 cm³/mol. The molecule has 0 atom stereocenters. The maximum absolute atomic E-state index is 12.4. The number of benzene rings is 2. The average Bonchev–Trinajstić information content (AvgIpc) is 2.67. The Kier molecular flexibility index (Phi) is 5.84. The number of nitrogens with one attached hydrogen (secondary N) is 2. The van der Waals surface area contributed by atoms with Crippen molar-refractivity contribution in [3.8, 4) is 0 Å². The van der Waals surface area contributed by atoms with Crippen LogP contribution in [0.15, 0.2) is 67.0 Å². The fourth-order valence-electron chi connectivity index (χ4n) is 2.50. The number of pyridine rings is 1. The highest BCUT2D eigenvalue weighted by Crippen LogP contribution is 2.13. The van der Waals surface area contributed by atoms with Gasteiger partial charge in [0.2, 0.25) is 0 Å². The van der Waals surface area contributed by atoms with Gasteiger partial charge in [-0.05, 0) is 48.4 Å². The van der Waals surface area contributed by atoms with E-state index in [0.29, 0.717) is 28.4 Å². The molecule has 27 heavy (non-hydrogen) atoms. The van der Waals surface area contributed by atoms with Gasteiger partial charge in [-0.1, -0.05) is 35.9 Å². The molecule has 0 aliphatic heterocycles. The van der Waals surface area contributed by atoms with Crippen molar-refractivity contribution in [2.45, 2.75) is 13.5 Å². The van der Waals surface area contributed by atoms with Gasteiger partial charge >= 0.3 is 0 Å². The Morgan fingerprint density at radius 1 is 0.963 bits per heavy atom. The van der Waals surface area contributed by atoms with E-state index in [0.717, 1.165) is 11.1 Å². The van der Waals surface area contributed by atoms with Crippen LogP contribution in [0, 0.1) is 6.92 Å². The van der Waals surface area contributed by atoms with E-state index >= 15 is 0 Å². The third-order valence-electron chi connectivity index (χ3n) is 3.90. The largest absolute Gasteiger partial charge is 0.348 e. The minimum atomic E-state index is -0.319. The lowest BCUT2D eigenvalue weighted by Crippen LogP contribution is -2.23. The van der Waals surface area contributed by atoms with Crippen molar-refractivity contribution in [3.63, 3.8) is 0 Å². The number of halogens is 1. The molecule has 1 heterocycles. The second-order valence-corrected chi connectivity index (χ2v) is 6.53. The minimum Gasteiger partial charge on any atom is -0.348 e.